The van der Waals surface area contributed by atoms with Crippen LogP contribution in [0.4, 0.5) is 0 Å². The Bertz CT molecular complexity index is 354. The quantitative estimate of drug-likeness (QED) is 0.618. The summed E-state index contributed by atoms with van der Waals surface area (Å²) in [5, 5.41) is 5.40. The van der Waals surface area contributed by atoms with E-state index in [9.17, 15) is 0 Å². The molecule has 2 aromatic heterocycles. The molecule has 0 atom stereocenters. The molecule has 0 N–H and O–H groups in total. The maximum absolute atomic E-state index is 4.27. The molecule has 0 saturated heterocycles. The molecule has 0 aliphatic carbocycles. The van der Waals surface area contributed by atoms with E-state index in [1.54, 1.807) is 6.20 Å². The lowest BCUT2D eigenvalue weighted by atomic mass is 10.3. The fraction of sp³-hybridized carbons (Fsp3) is 0.400. The average Bonchev–Trinajstić information content (AvgIpc) is 2.47. The molecule has 0 bridgehead atoms. The zero-order valence-electron chi connectivity index (χ0n) is 8.57. The molecule has 2 heterocycles. The highest BCUT2D eigenvalue weighted by molar-refractivity contribution is 5.80. The van der Waals surface area contributed by atoms with Gasteiger partial charge in [-0.25, -0.2) is 0 Å². The molecule has 0 spiro atoms. The van der Waals surface area contributed by atoms with Crippen LogP contribution < -0.4 is 0 Å². The van der Waals surface area contributed by atoms with Gasteiger partial charge in [0.25, 0.3) is 0 Å². The van der Waals surface area contributed by atoms with Crippen molar-refractivity contribution in [1.29, 1.82) is 0 Å². The van der Waals surface area contributed by atoms with Crippen molar-refractivity contribution in [2.45, 2.75) is 20.8 Å². The topological polar surface area (TPSA) is 30.7 Å². The van der Waals surface area contributed by atoms with Crippen molar-refractivity contribution in [1.82, 2.24) is 14.8 Å². The van der Waals surface area contributed by atoms with E-state index < -0.39 is 0 Å². The minimum atomic E-state index is 1.04. The second-order valence-electron chi connectivity index (χ2n) is 2.60. The molecule has 0 unspecified atom stereocenters. The number of rotatable bonds is 0. The Kier molecular flexibility index (Phi) is 3.01. The fourth-order valence-electron chi connectivity index (χ4n) is 1.28. The first kappa shape index (κ1) is 9.71. The van der Waals surface area contributed by atoms with Gasteiger partial charge in [0, 0.05) is 24.8 Å². The first-order chi connectivity index (χ1) is 6.29. The van der Waals surface area contributed by atoms with Gasteiger partial charge in [-0.1, -0.05) is 13.8 Å². The van der Waals surface area contributed by atoms with Gasteiger partial charge in [-0.2, -0.15) is 5.10 Å². The van der Waals surface area contributed by atoms with Crippen LogP contribution in [0.1, 0.15) is 19.5 Å². The summed E-state index contributed by atoms with van der Waals surface area (Å²) in [4.78, 5) is 4.03. The van der Waals surface area contributed by atoms with E-state index in [0.29, 0.717) is 0 Å². The Morgan fingerprint density at radius 2 is 2.00 bits per heavy atom. The molecule has 0 saturated carbocycles. The van der Waals surface area contributed by atoms with Crippen molar-refractivity contribution in [2.24, 2.45) is 7.05 Å². The van der Waals surface area contributed by atoms with E-state index in [-0.39, 0.29) is 0 Å². The van der Waals surface area contributed by atoms with Gasteiger partial charge < -0.3 is 0 Å². The smallest absolute Gasteiger partial charge is 0.0712 e. The summed E-state index contributed by atoms with van der Waals surface area (Å²) < 4.78 is 1.87. The highest BCUT2D eigenvalue weighted by atomic mass is 15.3. The van der Waals surface area contributed by atoms with E-state index in [1.807, 2.05) is 44.8 Å². The van der Waals surface area contributed by atoms with E-state index >= 15 is 0 Å². The number of aryl methyl sites for hydroxylation is 2. The molecule has 0 aliphatic rings. The zero-order valence-corrected chi connectivity index (χ0v) is 8.57. The summed E-state index contributed by atoms with van der Waals surface area (Å²) in [5.41, 5.74) is 2.17. The predicted octanol–water partition coefficient (Wildman–Crippen LogP) is 2.30. The van der Waals surface area contributed by atoms with Gasteiger partial charge in [-0.05, 0) is 13.0 Å². The summed E-state index contributed by atoms with van der Waals surface area (Å²) in [6.07, 6.45) is 3.63. The van der Waals surface area contributed by atoms with Crippen LogP contribution in [0.3, 0.4) is 0 Å². The second-order valence-corrected chi connectivity index (χ2v) is 2.60. The lowest BCUT2D eigenvalue weighted by Gasteiger charge is -1.89. The number of hydrogen-bond acceptors (Lipinski definition) is 2. The monoisotopic (exact) mass is 177 g/mol. The SMILES string of the molecule is CC.Cc1nn(C)c2ccncc12. The summed E-state index contributed by atoms with van der Waals surface area (Å²) in [5.74, 6) is 0. The van der Waals surface area contributed by atoms with Crippen molar-refractivity contribution < 1.29 is 0 Å². The predicted molar refractivity (Wildman–Crippen MR) is 54.6 cm³/mol. The van der Waals surface area contributed by atoms with Gasteiger partial charge in [0.05, 0.1) is 11.2 Å². The van der Waals surface area contributed by atoms with Gasteiger partial charge in [0.15, 0.2) is 0 Å². The van der Waals surface area contributed by atoms with Gasteiger partial charge in [0.2, 0.25) is 0 Å². The maximum atomic E-state index is 4.27. The van der Waals surface area contributed by atoms with Gasteiger partial charge in [0.1, 0.15) is 0 Å². The van der Waals surface area contributed by atoms with Crippen LogP contribution in [-0.2, 0) is 7.05 Å². The molecule has 70 valence electrons. The Balaban J connectivity index is 0.000000396. The van der Waals surface area contributed by atoms with Crippen LogP contribution in [0.2, 0.25) is 0 Å². The van der Waals surface area contributed by atoms with Crippen LogP contribution in [0.5, 0.6) is 0 Å². The molecular formula is C10H15N3. The van der Waals surface area contributed by atoms with Crippen molar-refractivity contribution in [2.75, 3.05) is 0 Å². The Labute approximate surface area is 78.4 Å². The molecule has 0 fully saturated rings. The van der Waals surface area contributed by atoms with E-state index in [4.69, 9.17) is 0 Å². The molecule has 0 aliphatic heterocycles. The highest BCUT2D eigenvalue weighted by Gasteiger charge is 2.01. The third-order valence-electron chi connectivity index (χ3n) is 1.84. The second kappa shape index (κ2) is 4.03. The number of nitrogens with zero attached hydrogens (tertiary/aromatic N) is 3. The van der Waals surface area contributed by atoms with E-state index in [2.05, 4.69) is 10.1 Å². The minimum absolute atomic E-state index is 1.04. The number of aromatic nitrogens is 3. The average molecular weight is 177 g/mol. The molecule has 2 rings (SSSR count). The normalized spacial score (nSPS) is 9.54. The zero-order chi connectivity index (χ0) is 9.84. The van der Waals surface area contributed by atoms with Gasteiger partial charge >= 0.3 is 0 Å². The van der Waals surface area contributed by atoms with Crippen molar-refractivity contribution in [3.8, 4) is 0 Å². The standard InChI is InChI=1S/C8H9N3.C2H6/c1-6-7-5-9-4-3-8(7)11(2)10-6;1-2/h3-5H,1-2H3;1-2H3. The fourth-order valence-corrected chi connectivity index (χ4v) is 1.28. The van der Waals surface area contributed by atoms with Gasteiger partial charge in [-0.15, -0.1) is 0 Å². The maximum Gasteiger partial charge on any atom is 0.0712 e. The Morgan fingerprint density at radius 1 is 1.31 bits per heavy atom. The summed E-state index contributed by atoms with van der Waals surface area (Å²) in [6.45, 7) is 5.99. The number of fused-ring (bicyclic) bond motifs is 1. The first-order valence-electron chi connectivity index (χ1n) is 4.52. The van der Waals surface area contributed by atoms with Crippen molar-refractivity contribution in [3.05, 3.63) is 24.2 Å². The molecule has 3 heteroatoms. The molecule has 3 nitrogen and oxygen atoms in total. The number of hydrogen-bond donors (Lipinski definition) is 0. The Hall–Kier alpha value is -1.38. The summed E-state index contributed by atoms with van der Waals surface area (Å²) in [6, 6.07) is 1.97. The van der Waals surface area contributed by atoms with Crippen molar-refractivity contribution in [3.63, 3.8) is 0 Å². The lowest BCUT2D eigenvalue weighted by Crippen LogP contribution is -1.88. The molecule has 0 radical (unpaired) electrons. The Morgan fingerprint density at radius 3 is 2.62 bits per heavy atom. The van der Waals surface area contributed by atoms with Crippen LogP contribution >= 0.6 is 0 Å². The third-order valence-corrected chi connectivity index (χ3v) is 1.84. The van der Waals surface area contributed by atoms with Crippen LogP contribution in [0.15, 0.2) is 18.5 Å². The minimum Gasteiger partial charge on any atom is -0.268 e. The largest absolute Gasteiger partial charge is 0.268 e. The molecule has 0 amide bonds. The highest BCUT2D eigenvalue weighted by Crippen LogP contribution is 2.14. The van der Waals surface area contributed by atoms with Crippen LogP contribution in [0, 0.1) is 6.92 Å². The first-order valence-corrected chi connectivity index (χ1v) is 4.52. The van der Waals surface area contributed by atoms with E-state index in [0.717, 1.165) is 16.6 Å². The van der Waals surface area contributed by atoms with Crippen molar-refractivity contribution >= 4 is 10.9 Å². The van der Waals surface area contributed by atoms with E-state index in [1.165, 1.54) is 0 Å². The molecular weight excluding hydrogens is 162 g/mol. The molecule has 0 aromatic carbocycles. The summed E-state index contributed by atoms with van der Waals surface area (Å²) in [7, 11) is 1.94. The van der Waals surface area contributed by atoms with Crippen LogP contribution in [0.25, 0.3) is 10.9 Å². The third kappa shape index (κ3) is 1.69. The molecule has 13 heavy (non-hydrogen) atoms. The van der Waals surface area contributed by atoms with Gasteiger partial charge in [-0.3, -0.25) is 9.67 Å². The summed E-state index contributed by atoms with van der Waals surface area (Å²) >= 11 is 0. The molecule has 2 aromatic rings. The number of pyridine rings is 1. The van der Waals surface area contributed by atoms with Crippen LogP contribution in [-0.4, -0.2) is 14.8 Å². The lowest BCUT2D eigenvalue weighted by molar-refractivity contribution is 0.783.